The largest absolute Gasteiger partial charge is 0.394 e. The van der Waals surface area contributed by atoms with E-state index >= 15 is 19.2 Å². The van der Waals surface area contributed by atoms with Crippen molar-refractivity contribution >= 4 is 113 Å². The normalized spacial score (nSPS) is 23.0. The minimum absolute atomic E-state index is 0.0487. The number of carbonyl (C=O) groups excluding carboxylic acids is 8. The Morgan fingerprint density at radius 1 is 0.606 bits per heavy atom. The Bertz CT molecular complexity index is 3820. The molecule has 0 saturated carbocycles. The van der Waals surface area contributed by atoms with E-state index in [2.05, 4.69) is 47.5 Å². The Balaban J connectivity index is 1.24. The zero-order chi connectivity index (χ0) is 75.7. The Labute approximate surface area is 610 Å². The van der Waals surface area contributed by atoms with Gasteiger partial charge in [0.2, 0.25) is 69.4 Å². The van der Waals surface area contributed by atoms with E-state index in [4.69, 9.17) is 5.73 Å². The van der Waals surface area contributed by atoms with Crippen molar-refractivity contribution in [3.8, 4) is 0 Å². The van der Waals surface area contributed by atoms with Crippen LogP contribution in [0.15, 0.2) is 103 Å². The van der Waals surface area contributed by atoms with Crippen LogP contribution >= 0.6 is 43.7 Å². The van der Waals surface area contributed by atoms with Gasteiger partial charge in [0.25, 0.3) is 0 Å². The molecule has 5 unspecified atom stereocenters. The first kappa shape index (κ1) is 84.6. The molecule has 2 aliphatic rings. The second-order valence-electron chi connectivity index (χ2n) is 26.2. The Kier molecular flexibility index (Phi) is 33.3. The lowest BCUT2D eigenvalue weighted by molar-refractivity contribution is -0.136. The number of hydrogen-bond donors (Lipinski definition) is 18. The van der Waals surface area contributed by atoms with E-state index in [1.807, 2.05) is 30.3 Å². The quantitative estimate of drug-likeness (QED) is 0.0161. The second-order valence-corrected chi connectivity index (χ2v) is 35.7. The number of para-hydroxylation sites is 1. The van der Waals surface area contributed by atoms with Crippen LogP contribution in [0.4, 0.5) is 0 Å². The summed E-state index contributed by atoms with van der Waals surface area (Å²) in [5, 5.41) is 74.5. The fourth-order valence-electron chi connectivity index (χ4n) is 11.9. The summed E-state index contributed by atoms with van der Waals surface area (Å²) in [5.74, 6) is -8.19. The number of nitrogens with zero attached hydrogens (tertiary/aromatic N) is 3. The van der Waals surface area contributed by atoms with E-state index in [1.165, 1.54) is 23.6 Å². The second kappa shape index (κ2) is 40.9. The maximum Gasteiger partial charge on any atom is 0.245 e. The van der Waals surface area contributed by atoms with Crippen LogP contribution in [-0.4, -0.2) is 269 Å². The average Bonchev–Trinajstić information content (AvgIpc) is 1.62. The molecule has 104 heavy (non-hydrogen) atoms. The third kappa shape index (κ3) is 26.7. The molecule has 0 spiro atoms. The van der Waals surface area contributed by atoms with Gasteiger partial charge in [0.1, 0.15) is 55.0 Å². The molecule has 4 aromatic carbocycles. The molecule has 0 radical (unpaired) electrons. The van der Waals surface area contributed by atoms with Crippen LogP contribution in [0, 0.1) is 0 Å². The van der Waals surface area contributed by atoms with Crippen LogP contribution in [0.1, 0.15) is 56.2 Å². The number of carbonyl (C=O) groups is 8. The third-order valence-electron chi connectivity index (χ3n) is 17.8. The number of H-pyrrole nitrogens is 1. The summed E-state index contributed by atoms with van der Waals surface area (Å²) in [6.07, 6.45) is -5.93. The number of amides is 8. The topological polar surface area (TPSA) is 497 Å². The highest BCUT2D eigenvalue weighted by Gasteiger charge is 2.38. The summed E-state index contributed by atoms with van der Waals surface area (Å²) in [7, 11) is -10.6. The minimum atomic E-state index is -4.31. The number of aliphatic hydroxyl groups is 5. The summed E-state index contributed by atoms with van der Waals surface area (Å²) in [5.41, 5.74) is 8.23. The lowest BCUT2D eigenvalue weighted by Crippen LogP contribution is -2.62. The summed E-state index contributed by atoms with van der Waals surface area (Å²) in [4.78, 5) is 158. The van der Waals surface area contributed by atoms with Gasteiger partial charge < -0.3 is 93.5 Å². The van der Waals surface area contributed by atoms with Crippen molar-refractivity contribution in [2.45, 2.75) is 119 Å². The van der Waals surface area contributed by atoms with Crippen LogP contribution < -0.4 is 48.3 Å². The van der Waals surface area contributed by atoms with Crippen LogP contribution in [0.25, 0.3) is 21.7 Å². The first-order chi connectivity index (χ1) is 49.5. The van der Waals surface area contributed by atoms with Gasteiger partial charge in [-0.2, -0.15) is 0 Å². The molecule has 2 saturated heterocycles. The van der Waals surface area contributed by atoms with Crippen molar-refractivity contribution in [2.75, 3.05) is 102 Å². The molecule has 572 valence electrons. The van der Waals surface area contributed by atoms with E-state index in [1.54, 1.807) is 77.8 Å². The fraction of sp³-hybridized carbons (Fsp3) is 0.522. The smallest absolute Gasteiger partial charge is 0.245 e. The number of hydrogen-bond acceptors (Lipinski definition) is 22. The Hall–Kier alpha value is -6.65. The Morgan fingerprint density at radius 3 is 1.74 bits per heavy atom. The highest BCUT2D eigenvalue weighted by atomic mass is 33.1. The molecule has 37 heteroatoms. The van der Waals surface area contributed by atoms with E-state index in [-0.39, 0.29) is 89.4 Å². The monoisotopic (exact) mass is 1550 g/mol. The van der Waals surface area contributed by atoms with Gasteiger partial charge in [-0.05, 0) is 73.2 Å². The van der Waals surface area contributed by atoms with Crippen LogP contribution in [0.3, 0.4) is 0 Å². The van der Waals surface area contributed by atoms with Crippen molar-refractivity contribution in [1.29, 1.82) is 0 Å². The molecule has 0 aliphatic carbocycles. The van der Waals surface area contributed by atoms with Gasteiger partial charge in [0, 0.05) is 99.7 Å². The van der Waals surface area contributed by atoms with E-state index in [0.717, 1.165) is 27.0 Å². The minimum Gasteiger partial charge on any atom is -0.394 e. The fourth-order valence-corrected chi connectivity index (χ4v) is 17.8. The number of rotatable bonds is 29. The maximum absolute atomic E-state index is 15.5. The van der Waals surface area contributed by atoms with Crippen molar-refractivity contribution in [1.82, 2.24) is 62.2 Å². The predicted molar refractivity (Wildman–Crippen MR) is 396 cm³/mol. The highest BCUT2D eigenvalue weighted by molar-refractivity contribution is 8.76. The molecule has 32 nitrogen and oxygen atoms in total. The van der Waals surface area contributed by atoms with Gasteiger partial charge in [-0.3, -0.25) is 66.8 Å². The lowest BCUT2D eigenvalue weighted by atomic mass is 9.97. The number of aromatic nitrogens is 1. The average molecular weight is 1550 g/mol. The standard InChI is InChI=1S/C67H98N13O19P3S2/c1-43(84)56(35-81)74-66(92)58-37-104-103-36-57(75-62(88)53(31-45-13-4-3-5-14-45)70-59(86)22-30-100(94,95)38-78-24-26-79(39-101(96,97)41-82)28-29-80(27-25-78)40-102(98,99)42-83)65(91)73-54(32-47-17-12-16-46-15-6-7-18-49(46)47)64(90)72-55(33-48-34-69-51-20-9-8-19-50(48)51)63(89)71-52(21-10-11-23-68)61(87)77-60(44(2)85)67(93)76-58/h3-9,12-20,34,43-44,52-58,60,69,81-85H,10-11,21-33,35-42,68H2,1-2H3,(H,70,86)(H,71,89)(H,72,90)(H,73,91)(H,74,92)(H,75,88)(H,76,93)(H,77,87)(H,94,95)(H,96,97)(H,98,99)/t43?,44?,52-,53+,54-,55+,56+,57-,58-,60-/m0/s1. The molecule has 8 amide bonds. The van der Waals surface area contributed by atoms with Gasteiger partial charge in [-0.15, -0.1) is 0 Å². The zero-order valence-electron chi connectivity index (χ0n) is 58.0. The highest BCUT2D eigenvalue weighted by Crippen LogP contribution is 2.43. The first-order valence-electron chi connectivity index (χ1n) is 34.2. The lowest BCUT2D eigenvalue weighted by Gasteiger charge is -2.29. The van der Waals surface area contributed by atoms with Crippen molar-refractivity contribution in [3.63, 3.8) is 0 Å². The summed E-state index contributed by atoms with van der Waals surface area (Å²) in [6.45, 7) is 2.45. The van der Waals surface area contributed by atoms with Crippen molar-refractivity contribution in [2.24, 2.45) is 5.73 Å². The van der Waals surface area contributed by atoms with Gasteiger partial charge in [0.15, 0.2) is 0 Å². The molecule has 5 aromatic rings. The maximum atomic E-state index is 15.5. The molecular weight excluding hydrogens is 1450 g/mol. The molecule has 7 rings (SSSR count). The molecule has 13 atom stereocenters. The predicted octanol–water partition coefficient (Wildman–Crippen LogP) is -0.602. The van der Waals surface area contributed by atoms with Crippen molar-refractivity contribution in [3.05, 3.63) is 120 Å². The summed E-state index contributed by atoms with van der Waals surface area (Å²) >= 11 is 0. The number of nitrogens with one attached hydrogen (secondary N) is 9. The van der Waals surface area contributed by atoms with Crippen LogP contribution in [0.2, 0.25) is 0 Å². The number of fused-ring (bicyclic) bond motifs is 2. The van der Waals surface area contributed by atoms with E-state index in [0.29, 0.717) is 39.4 Å². The third-order valence-corrected chi connectivity index (χ3v) is 24.5. The van der Waals surface area contributed by atoms with E-state index in [9.17, 15) is 73.1 Å². The molecular formula is C67H98N13O19P3S2. The summed E-state index contributed by atoms with van der Waals surface area (Å²) < 4.78 is 39.4. The zero-order valence-corrected chi connectivity index (χ0v) is 62.3. The number of aromatic amines is 1. The number of benzene rings is 4. The molecule has 1 aromatic heterocycles. The molecule has 3 heterocycles. The molecule has 2 fully saturated rings. The van der Waals surface area contributed by atoms with Gasteiger partial charge in [-0.25, -0.2) is 0 Å². The van der Waals surface area contributed by atoms with E-state index < -0.39 is 181 Å². The summed E-state index contributed by atoms with van der Waals surface area (Å²) in [6, 6.07) is 16.1. The first-order valence-corrected chi connectivity index (χ1v) is 42.8. The molecule has 0 bridgehead atoms. The Morgan fingerprint density at radius 2 is 1.14 bits per heavy atom. The van der Waals surface area contributed by atoms with Crippen LogP contribution in [0.5, 0.6) is 0 Å². The van der Waals surface area contributed by atoms with Crippen LogP contribution in [-0.2, 0) is 71.3 Å². The number of unbranched alkanes of at least 4 members (excludes halogenated alkanes) is 1. The van der Waals surface area contributed by atoms with Crippen molar-refractivity contribution < 1.29 is 92.3 Å². The molecule has 19 N–H and O–H groups in total. The SMILES string of the molecule is CC(O)[C@@H]1NC(=O)[C@H](CCCCN)NC(=O)[C@@H](Cc2c[nH]c3ccccc23)NC(=O)[C@H](Cc2cccc3ccccc23)NC(=O)[C@@H](NC(=O)[C@@H](Cc2ccccc2)NC(=O)CCP(=O)(O)CN2CCN(CP(=O)(O)CO)CCN(CP(=O)(O)CO)CC2)CSSC[C@@H](C(=O)N[C@H](CO)C(C)O)NC1=O. The number of aliphatic hydroxyl groups excluding tert-OH is 5. The molecule has 2 aliphatic heterocycles. The van der Waals surface area contributed by atoms with Gasteiger partial charge >= 0.3 is 0 Å². The number of nitrogens with two attached hydrogens (primary N) is 1. The van der Waals surface area contributed by atoms with Gasteiger partial charge in [0.05, 0.1) is 43.7 Å². The van der Waals surface area contributed by atoms with Gasteiger partial charge in [-0.1, -0.05) is 113 Å².